The number of hydrogen-bond donors (Lipinski definition) is 1. The van der Waals surface area contributed by atoms with E-state index in [2.05, 4.69) is 47.9 Å². The molecule has 0 unspecified atom stereocenters. The molecule has 1 aliphatic carbocycles. The molecule has 0 aromatic heterocycles. The minimum atomic E-state index is -0.692. The molecule has 7 heteroatoms. The highest BCUT2D eigenvalue weighted by molar-refractivity contribution is 9.12. The topological polar surface area (TPSA) is 73.9 Å². The molecule has 0 aromatic rings. The smallest absolute Gasteiger partial charge is 0.349 e. The number of rotatable bonds is 11. The second kappa shape index (κ2) is 12.4. The average molecular weight is 484 g/mol. The molecule has 30 heavy (non-hydrogen) atoms. The van der Waals surface area contributed by atoms with Gasteiger partial charge in [-0.2, -0.15) is 0 Å². The van der Waals surface area contributed by atoms with Crippen LogP contribution in [0.1, 0.15) is 65.7 Å². The van der Waals surface area contributed by atoms with E-state index in [0.29, 0.717) is 40.9 Å². The lowest BCUT2D eigenvalue weighted by atomic mass is 9.75. The molecule has 0 spiro atoms. The SMILES string of the molecule is C#CCOC(=O)CCCCCNC1=C(Br)C(=O)O[C@@H]1O[C@@H]1C[C@H](C)CC[C@H]1C(C)C. The van der Waals surface area contributed by atoms with Crippen LogP contribution >= 0.6 is 15.9 Å². The number of halogens is 1. The van der Waals surface area contributed by atoms with Crippen molar-refractivity contribution in [2.45, 2.75) is 78.1 Å². The second-order valence-corrected chi connectivity index (χ2v) is 9.36. The fraction of sp³-hybridized carbons (Fsp3) is 0.739. The molecule has 1 aliphatic heterocycles. The van der Waals surface area contributed by atoms with Crippen molar-refractivity contribution >= 4 is 27.9 Å². The summed E-state index contributed by atoms with van der Waals surface area (Å²) in [6.07, 6.45) is 10.6. The van der Waals surface area contributed by atoms with Crippen LogP contribution < -0.4 is 5.32 Å². The van der Waals surface area contributed by atoms with Crippen molar-refractivity contribution < 1.29 is 23.8 Å². The van der Waals surface area contributed by atoms with E-state index >= 15 is 0 Å². The fourth-order valence-electron chi connectivity index (χ4n) is 4.10. The number of carbonyl (C=O) groups is 2. The molecule has 2 aliphatic rings. The minimum absolute atomic E-state index is 0.0232. The molecule has 1 saturated carbocycles. The molecule has 0 aromatic carbocycles. The Labute approximate surface area is 188 Å². The molecule has 0 amide bonds. The second-order valence-electron chi connectivity index (χ2n) is 8.57. The Hall–Kier alpha value is -1.52. The summed E-state index contributed by atoms with van der Waals surface area (Å²) in [6, 6.07) is 0. The first-order valence-corrected chi connectivity index (χ1v) is 11.7. The Morgan fingerprint density at radius 2 is 2.10 bits per heavy atom. The van der Waals surface area contributed by atoms with Gasteiger partial charge in [0.2, 0.25) is 6.29 Å². The Morgan fingerprint density at radius 3 is 2.80 bits per heavy atom. The predicted octanol–water partition coefficient (Wildman–Crippen LogP) is 4.28. The molecule has 2 rings (SSSR count). The van der Waals surface area contributed by atoms with Crippen molar-refractivity contribution in [3.05, 3.63) is 10.2 Å². The van der Waals surface area contributed by atoms with E-state index in [1.54, 1.807) is 0 Å². The van der Waals surface area contributed by atoms with Crippen molar-refractivity contribution in [3.63, 3.8) is 0 Å². The van der Waals surface area contributed by atoms with Gasteiger partial charge in [-0.05, 0) is 59.4 Å². The number of terminal acetylenes is 1. The van der Waals surface area contributed by atoms with E-state index in [9.17, 15) is 9.59 Å². The predicted molar refractivity (Wildman–Crippen MR) is 118 cm³/mol. The Morgan fingerprint density at radius 1 is 1.33 bits per heavy atom. The van der Waals surface area contributed by atoms with E-state index in [0.717, 1.165) is 32.1 Å². The molecule has 0 saturated heterocycles. The van der Waals surface area contributed by atoms with E-state index in [-0.39, 0.29) is 18.7 Å². The lowest BCUT2D eigenvalue weighted by molar-refractivity contribution is -0.182. The summed E-state index contributed by atoms with van der Waals surface area (Å²) < 4.78 is 17.1. The summed E-state index contributed by atoms with van der Waals surface area (Å²) in [5.41, 5.74) is 0.661. The quantitative estimate of drug-likeness (QED) is 0.268. The Balaban J connectivity index is 1.81. The van der Waals surface area contributed by atoms with Gasteiger partial charge in [0.05, 0.1) is 6.10 Å². The van der Waals surface area contributed by atoms with Crippen molar-refractivity contribution in [2.24, 2.45) is 17.8 Å². The third kappa shape index (κ3) is 7.31. The van der Waals surface area contributed by atoms with Gasteiger partial charge >= 0.3 is 11.9 Å². The molecule has 168 valence electrons. The highest BCUT2D eigenvalue weighted by Gasteiger charge is 2.39. The van der Waals surface area contributed by atoms with E-state index in [1.165, 1.54) is 6.42 Å². The first kappa shape index (κ1) is 24.7. The zero-order valence-corrected chi connectivity index (χ0v) is 19.8. The summed E-state index contributed by atoms with van der Waals surface area (Å²) in [4.78, 5) is 23.5. The molecule has 6 nitrogen and oxygen atoms in total. The molecule has 0 radical (unpaired) electrons. The highest BCUT2D eigenvalue weighted by Crippen LogP contribution is 2.38. The summed E-state index contributed by atoms with van der Waals surface area (Å²) in [5.74, 6) is 3.21. The van der Waals surface area contributed by atoms with Crippen LogP contribution in [0.3, 0.4) is 0 Å². The van der Waals surface area contributed by atoms with Gasteiger partial charge in [0, 0.05) is 13.0 Å². The molecule has 0 bridgehead atoms. The lowest BCUT2D eigenvalue weighted by Gasteiger charge is -2.38. The molecule has 1 N–H and O–H groups in total. The average Bonchev–Trinajstić information content (AvgIpc) is 2.96. The van der Waals surface area contributed by atoms with Gasteiger partial charge in [0.15, 0.2) is 6.61 Å². The number of cyclic esters (lactones) is 1. The van der Waals surface area contributed by atoms with Gasteiger partial charge in [0.25, 0.3) is 0 Å². The standard InChI is InChI=1S/C23H34BrNO5/c1-5-13-28-19(26)9-7-6-8-12-25-21-20(24)22(27)30-23(21)29-18-14-16(4)10-11-17(18)15(2)3/h1,15-18,23,25H,6-14H2,2-4H3/t16-,17+,18-,23+/m1/s1. The van der Waals surface area contributed by atoms with Crippen LogP contribution in [0.2, 0.25) is 0 Å². The van der Waals surface area contributed by atoms with Gasteiger partial charge in [-0.1, -0.05) is 39.5 Å². The number of hydrogen-bond acceptors (Lipinski definition) is 6. The summed E-state index contributed by atoms with van der Waals surface area (Å²) in [5, 5.41) is 3.30. The molecule has 1 heterocycles. The fourth-order valence-corrected chi connectivity index (χ4v) is 4.52. The zero-order chi connectivity index (χ0) is 22.1. The van der Waals surface area contributed by atoms with E-state index in [4.69, 9.17) is 20.6 Å². The first-order chi connectivity index (χ1) is 14.3. The lowest BCUT2D eigenvalue weighted by Crippen LogP contribution is -2.39. The number of nitrogens with one attached hydrogen (secondary N) is 1. The first-order valence-electron chi connectivity index (χ1n) is 10.9. The van der Waals surface area contributed by atoms with E-state index in [1.807, 2.05) is 0 Å². The van der Waals surface area contributed by atoms with Crippen LogP contribution in [0.25, 0.3) is 0 Å². The number of esters is 2. The molecular formula is C23H34BrNO5. The maximum Gasteiger partial charge on any atom is 0.349 e. The summed E-state index contributed by atoms with van der Waals surface area (Å²) >= 11 is 3.34. The molecular weight excluding hydrogens is 450 g/mol. The maximum atomic E-state index is 12.1. The largest absolute Gasteiger partial charge is 0.452 e. The number of ether oxygens (including phenoxy) is 3. The van der Waals surface area contributed by atoms with Crippen molar-refractivity contribution in [1.29, 1.82) is 0 Å². The third-order valence-corrected chi connectivity index (χ3v) is 6.57. The van der Waals surface area contributed by atoms with Gasteiger partial charge in [-0.15, -0.1) is 6.42 Å². The summed E-state index contributed by atoms with van der Waals surface area (Å²) in [7, 11) is 0. The van der Waals surface area contributed by atoms with Crippen LogP contribution in [0.4, 0.5) is 0 Å². The van der Waals surface area contributed by atoms with Crippen LogP contribution in [0, 0.1) is 30.1 Å². The highest BCUT2D eigenvalue weighted by atomic mass is 79.9. The maximum absolute atomic E-state index is 12.1. The van der Waals surface area contributed by atoms with Gasteiger partial charge in [-0.3, -0.25) is 4.79 Å². The minimum Gasteiger partial charge on any atom is -0.452 e. The molecule has 1 fully saturated rings. The monoisotopic (exact) mass is 483 g/mol. The zero-order valence-electron chi connectivity index (χ0n) is 18.2. The van der Waals surface area contributed by atoms with Gasteiger partial charge < -0.3 is 19.5 Å². The van der Waals surface area contributed by atoms with Crippen molar-refractivity contribution in [3.8, 4) is 12.3 Å². The van der Waals surface area contributed by atoms with Crippen molar-refractivity contribution in [1.82, 2.24) is 5.32 Å². The van der Waals surface area contributed by atoms with Crippen LogP contribution in [0.5, 0.6) is 0 Å². The third-order valence-electron chi connectivity index (χ3n) is 5.81. The van der Waals surface area contributed by atoms with Gasteiger partial charge in [0.1, 0.15) is 10.2 Å². The van der Waals surface area contributed by atoms with E-state index < -0.39 is 12.3 Å². The van der Waals surface area contributed by atoms with Crippen LogP contribution in [-0.2, 0) is 23.8 Å². The summed E-state index contributed by atoms with van der Waals surface area (Å²) in [6.45, 7) is 7.39. The normalized spacial score (nSPS) is 26.5. The Kier molecular flexibility index (Phi) is 10.2. The molecule has 4 atom stereocenters. The van der Waals surface area contributed by atoms with Gasteiger partial charge in [-0.25, -0.2) is 4.79 Å². The number of carbonyl (C=O) groups excluding carboxylic acids is 2. The Bertz CT molecular complexity index is 669. The number of unbranched alkanes of at least 4 members (excludes halogenated alkanes) is 2. The van der Waals surface area contributed by atoms with Crippen LogP contribution in [-0.4, -0.2) is 37.5 Å². The van der Waals surface area contributed by atoms with Crippen molar-refractivity contribution in [2.75, 3.05) is 13.2 Å². The van der Waals surface area contributed by atoms with Crippen LogP contribution in [0.15, 0.2) is 10.2 Å².